The maximum Gasteiger partial charge on any atom is 0.248 e. The summed E-state index contributed by atoms with van der Waals surface area (Å²) in [6, 6.07) is 1.63. The van der Waals surface area contributed by atoms with Crippen molar-refractivity contribution in [2.75, 3.05) is 19.3 Å². The topological polar surface area (TPSA) is 63.4 Å². The van der Waals surface area contributed by atoms with Crippen molar-refractivity contribution < 1.29 is 17.2 Å². The lowest BCUT2D eigenvalue weighted by molar-refractivity contribution is 0.262. The van der Waals surface area contributed by atoms with Crippen LogP contribution in [0, 0.1) is 17.6 Å². The van der Waals surface area contributed by atoms with Crippen molar-refractivity contribution in [3.8, 4) is 0 Å². The number of hydrogen-bond donors (Lipinski definition) is 1. The minimum absolute atomic E-state index is 0.143. The van der Waals surface area contributed by atoms with E-state index in [1.54, 1.807) is 0 Å². The normalized spacial score (nSPS) is 16.6. The number of nitrogens with two attached hydrogens (primary N) is 1. The Morgan fingerprint density at radius 2 is 1.84 bits per heavy atom. The number of hydrogen-bond acceptors (Lipinski definition) is 3. The lowest BCUT2D eigenvalue weighted by Crippen LogP contribution is -2.35. The molecule has 0 atom stereocenters. The van der Waals surface area contributed by atoms with Gasteiger partial charge in [-0.25, -0.2) is 21.5 Å². The molecule has 0 aromatic heterocycles. The SMILES string of the molecule is CN(CC1CCC1)S(=O)(=O)c1c(F)cc(N)cc1F. The van der Waals surface area contributed by atoms with Crippen molar-refractivity contribution in [2.45, 2.75) is 24.2 Å². The van der Waals surface area contributed by atoms with Gasteiger partial charge in [-0.2, -0.15) is 0 Å². The van der Waals surface area contributed by atoms with E-state index in [0.29, 0.717) is 0 Å². The second kappa shape index (κ2) is 5.05. The van der Waals surface area contributed by atoms with Gasteiger partial charge in [-0.1, -0.05) is 6.42 Å². The summed E-state index contributed by atoms with van der Waals surface area (Å²) in [5.41, 5.74) is 5.13. The molecule has 1 aromatic rings. The van der Waals surface area contributed by atoms with Gasteiger partial charge in [0.2, 0.25) is 10.0 Å². The van der Waals surface area contributed by atoms with Crippen LogP contribution in [0.5, 0.6) is 0 Å². The number of halogens is 2. The summed E-state index contributed by atoms with van der Waals surface area (Å²) in [4.78, 5) is -0.927. The molecule has 0 heterocycles. The van der Waals surface area contributed by atoms with Crippen LogP contribution in [0.25, 0.3) is 0 Å². The molecule has 106 valence electrons. The van der Waals surface area contributed by atoms with Gasteiger partial charge in [0, 0.05) is 19.3 Å². The van der Waals surface area contributed by atoms with Crippen LogP contribution < -0.4 is 5.73 Å². The maximum atomic E-state index is 13.7. The monoisotopic (exact) mass is 290 g/mol. The van der Waals surface area contributed by atoms with Crippen LogP contribution >= 0.6 is 0 Å². The molecule has 19 heavy (non-hydrogen) atoms. The Labute approximate surface area is 111 Å². The van der Waals surface area contributed by atoms with Gasteiger partial charge < -0.3 is 5.73 Å². The van der Waals surface area contributed by atoms with Gasteiger partial charge in [0.25, 0.3) is 0 Å². The van der Waals surface area contributed by atoms with Crippen LogP contribution in [-0.4, -0.2) is 26.3 Å². The highest BCUT2D eigenvalue weighted by Crippen LogP contribution is 2.30. The molecular weight excluding hydrogens is 274 g/mol. The first kappa shape index (κ1) is 14.2. The third-order valence-electron chi connectivity index (χ3n) is 3.43. The first-order valence-corrected chi connectivity index (χ1v) is 7.47. The standard InChI is InChI=1S/C12H16F2N2O2S/c1-16(7-8-3-2-4-8)19(17,18)12-10(13)5-9(15)6-11(12)14/h5-6,8H,2-4,7,15H2,1H3. The number of nitrogens with zero attached hydrogens (tertiary/aromatic N) is 1. The minimum atomic E-state index is -4.16. The van der Waals surface area contributed by atoms with Crippen molar-refractivity contribution in [1.29, 1.82) is 0 Å². The molecule has 0 saturated heterocycles. The second-order valence-corrected chi connectivity index (χ2v) is 6.88. The van der Waals surface area contributed by atoms with Gasteiger partial charge in [0.1, 0.15) is 11.6 Å². The van der Waals surface area contributed by atoms with Crippen molar-refractivity contribution >= 4 is 15.7 Å². The Hall–Kier alpha value is -1.21. The van der Waals surface area contributed by atoms with Gasteiger partial charge in [-0.05, 0) is 30.9 Å². The Balaban J connectivity index is 2.33. The zero-order valence-electron chi connectivity index (χ0n) is 10.6. The maximum absolute atomic E-state index is 13.7. The van der Waals surface area contributed by atoms with Crippen molar-refractivity contribution in [1.82, 2.24) is 4.31 Å². The number of benzene rings is 1. The molecule has 7 heteroatoms. The van der Waals surface area contributed by atoms with Gasteiger partial charge in [-0.15, -0.1) is 0 Å². The van der Waals surface area contributed by atoms with Gasteiger partial charge in [-0.3, -0.25) is 0 Å². The smallest absolute Gasteiger partial charge is 0.248 e. The second-order valence-electron chi connectivity index (χ2n) is 4.90. The minimum Gasteiger partial charge on any atom is -0.399 e. The molecule has 0 aliphatic heterocycles. The van der Waals surface area contributed by atoms with E-state index in [0.717, 1.165) is 35.7 Å². The summed E-state index contributed by atoms with van der Waals surface area (Å²) < 4.78 is 52.7. The largest absolute Gasteiger partial charge is 0.399 e. The Morgan fingerprint density at radius 1 is 1.32 bits per heavy atom. The van der Waals surface area contributed by atoms with E-state index in [1.807, 2.05) is 0 Å². The van der Waals surface area contributed by atoms with Crippen LogP contribution in [0.3, 0.4) is 0 Å². The van der Waals surface area contributed by atoms with E-state index in [4.69, 9.17) is 5.73 Å². The van der Waals surface area contributed by atoms with Gasteiger partial charge >= 0.3 is 0 Å². The predicted molar refractivity (Wildman–Crippen MR) is 67.9 cm³/mol. The zero-order chi connectivity index (χ0) is 14.2. The molecule has 2 N–H and O–H groups in total. The van der Waals surface area contributed by atoms with Crippen LogP contribution in [0.1, 0.15) is 19.3 Å². The highest BCUT2D eigenvalue weighted by Gasteiger charge is 2.31. The summed E-state index contributed by atoms with van der Waals surface area (Å²) in [7, 11) is -2.82. The Bertz CT molecular complexity index is 562. The summed E-state index contributed by atoms with van der Waals surface area (Å²) in [5.74, 6) is -2.03. The molecule has 1 aliphatic rings. The summed E-state index contributed by atoms with van der Waals surface area (Å²) >= 11 is 0. The molecule has 0 radical (unpaired) electrons. The zero-order valence-corrected chi connectivity index (χ0v) is 11.4. The molecule has 0 unspecified atom stereocenters. The molecule has 0 spiro atoms. The number of anilines is 1. The molecule has 0 amide bonds. The lowest BCUT2D eigenvalue weighted by atomic mass is 9.86. The van der Waals surface area contributed by atoms with Crippen LogP contribution in [0.2, 0.25) is 0 Å². The van der Waals surface area contributed by atoms with Gasteiger partial charge in [0.05, 0.1) is 0 Å². The highest BCUT2D eigenvalue weighted by molar-refractivity contribution is 7.89. The summed E-state index contributed by atoms with van der Waals surface area (Å²) in [6.07, 6.45) is 2.97. The van der Waals surface area contributed by atoms with Crippen molar-refractivity contribution in [3.63, 3.8) is 0 Å². The molecule has 2 rings (SSSR count). The summed E-state index contributed by atoms with van der Waals surface area (Å²) in [5, 5.41) is 0. The number of nitrogen functional groups attached to an aromatic ring is 1. The van der Waals surface area contributed by atoms with E-state index in [2.05, 4.69) is 0 Å². The van der Waals surface area contributed by atoms with E-state index in [-0.39, 0.29) is 18.2 Å². The molecule has 1 aromatic carbocycles. The molecule has 1 fully saturated rings. The molecule has 1 aliphatic carbocycles. The molecular formula is C12H16F2N2O2S. The van der Waals surface area contributed by atoms with E-state index in [1.165, 1.54) is 7.05 Å². The quantitative estimate of drug-likeness (QED) is 0.862. The van der Waals surface area contributed by atoms with Crippen LogP contribution in [0.4, 0.5) is 14.5 Å². The number of rotatable bonds is 4. The first-order chi connectivity index (χ1) is 8.82. The fourth-order valence-corrected chi connectivity index (χ4v) is 3.45. The highest BCUT2D eigenvalue weighted by atomic mass is 32.2. The van der Waals surface area contributed by atoms with Gasteiger partial charge in [0.15, 0.2) is 4.90 Å². The van der Waals surface area contributed by atoms with Crippen LogP contribution in [0.15, 0.2) is 17.0 Å². The van der Waals surface area contributed by atoms with E-state index in [9.17, 15) is 17.2 Å². The Morgan fingerprint density at radius 3 is 2.26 bits per heavy atom. The Kier molecular flexibility index (Phi) is 3.78. The van der Waals surface area contributed by atoms with E-state index < -0.39 is 26.6 Å². The summed E-state index contributed by atoms with van der Waals surface area (Å²) in [6.45, 7) is 0.283. The fourth-order valence-electron chi connectivity index (χ4n) is 2.12. The fraction of sp³-hybridized carbons (Fsp3) is 0.500. The predicted octanol–water partition coefficient (Wildman–Crippen LogP) is 1.97. The average molecular weight is 290 g/mol. The van der Waals surface area contributed by atoms with Crippen molar-refractivity contribution in [3.05, 3.63) is 23.8 Å². The third-order valence-corrected chi connectivity index (χ3v) is 5.30. The molecule has 1 saturated carbocycles. The van der Waals surface area contributed by atoms with Crippen molar-refractivity contribution in [2.24, 2.45) is 5.92 Å². The third kappa shape index (κ3) is 2.71. The molecule has 0 bridgehead atoms. The lowest BCUT2D eigenvalue weighted by Gasteiger charge is -2.29. The van der Waals surface area contributed by atoms with E-state index >= 15 is 0 Å². The average Bonchev–Trinajstić information content (AvgIpc) is 2.20. The number of sulfonamides is 1. The molecule has 4 nitrogen and oxygen atoms in total. The van der Waals surface area contributed by atoms with Crippen LogP contribution in [-0.2, 0) is 10.0 Å². The first-order valence-electron chi connectivity index (χ1n) is 6.03.